The molecule has 0 atom stereocenters. The second-order valence-electron chi connectivity index (χ2n) is 1.60. The summed E-state index contributed by atoms with van der Waals surface area (Å²) in [4.78, 5) is 2.85. The average Bonchev–Trinajstić information content (AvgIpc) is 2.37. The number of nitrogens with one attached hydrogen (secondary N) is 1. The minimum absolute atomic E-state index is 0.319. The van der Waals surface area contributed by atoms with Crippen molar-refractivity contribution in [2.75, 3.05) is 0 Å². The van der Waals surface area contributed by atoms with Gasteiger partial charge in [-0.05, 0) is 12.1 Å². The molecule has 0 radical (unpaired) electrons. The lowest BCUT2D eigenvalue weighted by Crippen LogP contribution is -2.15. The number of rotatable bonds is 1. The molecule has 0 aliphatic heterocycles. The molecule has 5 N–H and O–H groups in total. The van der Waals surface area contributed by atoms with Crippen molar-refractivity contribution in [2.45, 2.75) is 0 Å². The van der Waals surface area contributed by atoms with Crippen LogP contribution in [0.3, 0.4) is 0 Å². The lowest BCUT2D eigenvalue weighted by Gasteiger charge is -1.90. The van der Waals surface area contributed by atoms with Gasteiger partial charge in [-0.2, -0.15) is 5.10 Å². The van der Waals surface area contributed by atoms with Gasteiger partial charge in [0.05, 0.1) is 5.69 Å². The summed E-state index contributed by atoms with van der Waals surface area (Å²) in [5.41, 5.74) is 6.08. The smallest absolute Gasteiger partial charge is 0.166 e. The first-order chi connectivity index (χ1) is 4.34. The Hall–Kier alpha value is -1.45. The maximum atomic E-state index is 5.33. The Labute approximate surface area is 52.6 Å². The molecule has 1 aromatic rings. The van der Waals surface area contributed by atoms with Crippen molar-refractivity contribution < 1.29 is 0 Å². The van der Waals surface area contributed by atoms with E-state index in [9.17, 15) is 0 Å². The summed E-state index contributed by atoms with van der Waals surface area (Å²) in [6.45, 7) is 0. The summed E-state index contributed by atoms with van der Waals surface area (Å²) in [5, 5.41) is 3.29. The van der Waals surface area contributed by atoms with Crippen LogP contribution in [0.25, 0.3) is 0 Å². The second-order valence-corrected chi connectivity index (χ2v) is 1.60. The number of nitrogens with two attached hydrogens (primary N) is 2. The summed E-state index contributed by atoms with van der Waals surface area (Å²) in [5.74, 6) is 5.23. The molecule has 0 spiro atoms. The fourth-order valence-corrected chi connectivity index (χ4v) is 0.559. The summed E-state index contributed by atoms with van der Waals surface area (Å²) in [6.07, 6.45) is 1.76. The third-order valence-electron chi connectivity index (χ3n) is 1.01. The predicted molar refractivity (Wildman–Crippen MR) is 35.7 cm³/mol. The molecule has 1 heterocycles. The van der Waals surface area contributed by atoms with Crippen LogP contribution in [0, 0.1) is 0 Å². The van der Waals surface area contributed by atoms with Gasteiger partial charge in [0.15, 0.2) is 5.84 Å². The van der Waals surface area contributed by atoms with E-state index in [1.54, 1.807) is 12.3 Å². The first-order valence-electron chi connectivity index (χ1n) is 2.51. The Morgan fingerprint density at radius 2 is 2.44 bits per heavy atom. The summed E-state index contributed by atoms with van der Waals surface area (Å²) in [7, 11) is 0. The molecule has 0 fully saturated rings. The molecule has 1 aromatic heterocycles. The Morgan fingerprint density at radius 3 is 2.89 bits per heavy atom. The summed E-state index contributed by atoms with van der Waals surface area (Å²) < 4.78 is 0. The lowest BCUT2D eigenvalue weighted by atomic mass is 10.4. The third kappa shape index (κ3) is 1.02. The molecule has 4 nitrogen and oxygen atoms in total. The first-order valence-corrected chi connectivity index (χ1v) is 2.51. The van der Waals surface area contributed by atoms with Crippen LogP contribution >= 0.6 is 0 Å². The van der Waals surface area contributed by atoms with E-state index in [0.717, 1.165) is 5.69 Å². The van der Waals surface area contributed by atoms with Crippen LogP contribution in [0.15, 0.2) is 23.4 Å². The minimum Gasteiger partial charge on any atom is -0.381 e. The largest absolute Gasteiger partial charge is 0.381 e. The van der Waals surface area contributed by atoms with Crippen molar-refractivity contribution in [3.63, 3.8) is 0 Å². The molecule has 0 unspecified atom stereocenters. The molecule has 0 aromatic carbocycles. The number of hydrazone groups is 1. The zero-order chi connectivity index (χ0) is 6.69. The van der Waals surface area contributed by atoms with Crippen LogP contribution in [0.5, 0.6) is 0 Å². The van der Waals surface area contributed by atoms with Crippen molar-refractivity contribution in [2.24, 2.45) is 16.7 Å². The average molecular weight is 124 g/mol. The van der Waals surface area contributed by atoms with Crippen LogP contribution < -0.4 is 11.6 Å². The number of aromatic nitrogens is 1. The highest BCUT2D eigenvalue weighted by atomic mass is 15.2. The number of aromatic amines is 1. The first kappa shape index (κ1) is 5.68. The molecule has 0 saturated carbocycles. The number of nitrogens with zero attached hydrogens (tertiary/aromatic N) is 1. The zero-order valence-electron chi connectivity index (χ0n) is 4.83. The highest BCUT2D eigenvalue weighted by Crippen LogP contribution is 1.90. The van der Waals surface area contributed by atoms with Gasteiger partial charge in [-0.25, -0.2) is 0 Å². The van der Waals surface area contributed by atoms with Gasteiger partial charge in [0, 0.05) is 6.20 Å². The Balaban J connectivity index is 2.90. The number of amidine groups is 1. The zero-order valence-corrected chi connectivity index (χ0v) is 4.83. The van der Waals surface area contributed by atoms with Crippen LogP contribution in [0.1, 0.15) is 5.69 Å². The molecular weight excluding hydrogens is 116 g/mol. The van der Waals surface area contributed by atoms with E-state index in [1.165, 1.54) is 0 Å². The van der Waals surface area contributed by atoms with E-state index in [1.807, 2.05) is 6.07 Å². The molecule has 0 saturated heterocycles. The monoisotopic (exact) mass is 124 g/mol. The number of hydrogen-bond acceptors (Lipinski definition) is 2. The summed E-state index contributed by atoms with van der Waals surface area (Å²) >= 11 is 0. The van der Waals surface area contributed by atoms with E-state index < -0.39 is 0 Å². The maximum absolute atomic E-state index is 5.33. The van der Waals surface area contributed by atoms with Crippen LogP contribution in [0.4, 0.5) is 0 Å². The standard InChI is InChI=1S/C5H8N4/c6-5(9-7)4-2-1-3-8-4/h1-3,8H,7H2,(H2,6,9). The van der Waals surface area contributed by atoms with E-state index >= 15 is 0 Å². The molecule has 9 heavy (non-hydrogen) atoms. The van der Waals surface area contributed by atoms with Crippen LogP contribution in [-0.4, -0.2) is 10.8 Å². The van der Waals surface area contributed by atoms with Crippen LogP contribution in [-0.2, 0) is 0 Å². The van der Waals surface area contributed by atoms with Crippen molar-refractivity contribution in [3.05, 3.63) is 24.0 Å². The molecule has 0 aliphatic rings. The number of hydrogen-bond donors (Lipinski definition) is 3. The Morgan fingerprint density at radius 1 is 1.67 bits per heavy atom. The highest BCUT2D eigenvalue weighted by molar-refractivity contribution is 5.95. The van der Waals surface area contributed by atoms with Gasteiger partial charge in [0.1, 0.15) is 0 Å². The fraction of sp³-hybridized carbons (Fsp3) is 0. The van der Waals surface area contributed by atoms with Crippen molar-refractivity contribution in [3.8, 4) is 0 Å². The molecule has 0 aliphatic carbocycles. The minimum atomic E-state index is 0.319. The molecular formula is C5H8N4. The van der Waals surface area contributed by atoms with E-state index in [0.29, 0.717) is 5.84 Å². The van der Waals surface area contributed by atoms with Gasteiger partial charge in [-0.15, -0.1) is 0 Å². The maximum Gasteiger partial charge on any atom is 0.166 e. The van der Waals surface area contributed by atoms with Gasteiger partial charge in [0.25, 0.3) is 0 Å². The predicted octanol–water partition coefficient (Wildman–Crippen LogP) is -0.406. The lowest BCUT2D eigenvalue weighted by molar-refractivity contribution is 1.21. The van der Waals surface area contributed by atoms with Crippen molar-refractivity contribution in [1.29, 1.82) is 0 Å². The Kier molecular flexibility index (Phi) is 1.40. The molecule has 4 heteroatoms. The van der Waals surface area contributed by atoms with E-state index in [-0.39, 0.29) is 0 Å². The van der Waals surface area contributed by atoms with Gasteiger partial charge in [-0.3, -0.25) is 0 Å². The van der Waals surface area contributed by atoms with Gasteiger partial charge in [0.2, 0.25) is 0 Å². The number of H-pyrrole nitrogens is 1. The topological polar surface area (TPSA) is 80.2 Å². The Bertz CT molecular complexity index is 199. The van der Waals surface area contributed by atoms with E-state index in [4.69, 9.17) is 11.6 Å². The van der Waals surface area contributed by atoms with Crippen LogP contribution in [0.2, 0.25) is 0 Å². The van der Waals surface area contributed by atoms with E-state index in [2.05, 4.69) is 10.1 Å². The molecule has 0 bridgehead atoms. The molecule has 1 rings (SSSR count). The van der Waals surface area contributed by atoms with Crippen molar-refractivity contribution in [1.82, 2.24) is 4.98 Å². The van der Waals surface area contributed by atoms with Gasteiger partial charge < -0.3 is 16.6 Å². The van der Waals surface area contributed by atoms with Gasteiger partial charge >= 0.3 is 0 Å². The van der Waals surface area contributed by atoms with Gasteiger partial charge in [-0.1, -0.05) is 0 Å². The second kappa shape index (κ2) is 2.21. The van der Waals surface area contributed by atoms with Crippen molar-refractivity contribution >= 4 is 5.84 Å². The summed E-state index contributed by atoms with van der Waals surface area (Å²) in [6, 6.07) is 3.62. The fourth-order valence-electron chi connectivity index (χ4n) is 0.559. The third-order valence-corrected chi connectivity index (χ3v) is 1.01. The molecule has 0 amide bonds. The normalized spacial score (nSPS) is 11.8. The quantitative estimate of drug-likeness (QED) is 0.206. The SMILES string of the molecule is NN=C(N)c1ccc[nH]1. The molecule has 48 valence electrons. The highest BCUT2D eigenvalue weighted by Gasteiger charge is 1.93.